The van der Waals surface area contributed by atoms with Gasteiger partial charge < -0.3 is 15.0 Å². The van der Waals surface area contributed by atoms with E-state index >= 15 is 0 Å². The number of urea groups is 1. The van der Waals surface area contributed by atoms with E-state index in [1.165, 1.54) is 0 Å². The van der Waals surface area contributed by atoms with Gasteiger partial charge in [0.05, 0.1) is 17.9 Å². The lowest BCUT2D eigenvalue weighted by Gasteiger charge is -2.18. The lowest BCUT2D eigenvalue weighted by Crippen LogP contribution is -2.39. The van der Waals surface area contributed by atoms with E-state index in [1.54, 1.807) is 11.9 Å². The lowest BCUT2D eigenvalue weighted by molar-refractivity contribution is 0.195. The summed E-state index contributed by atoms with van der Waals surface area (Å²) in [7, 11) is 1.76. The summed E-state index contributed by atoms with van der Waals surface area (Å²) < 4.78 is 7.56. The van der Waals surface area contributed by atoms with Crippen molar-refractivity contribution in [3.63, 3.8) is 0 Å². The van der Waals surface area contributed by atoms with Crippen molar-refractivity contribution in [1.29, 1.82) is 0 Å². The average molecular weight is 378 g/mol. The molecule has 0 saturated heterocycles. The van der Waals surface area contributed by atoms with E-state index in [2.05, 4.69) is 10.4 Å². The SMILES string of the molecule is Cc1nn(-c2ccccc2)c(C)c1CNC(=O)N(C)CCOc1ccccc1. The average Bonchev–Trinajstić information content (AvgIpc) is 3.01. The lowest BCUT2D eigenvalue weighted by atomic mass is 10.2. The molecule has 0 saturated carbocycles. The molecule has 1 heterocycles. The predicted octanol–water partition coefficient (Wildman–Crippen LogP) is 3.71. The van der Waals surface area contributed by atoms with Gasteiger partial charge in [-0.15, -0.1) is 0 Å². The Kier molecular flexibility index (Phi) is 6.32. The number of amides is 2. The van der Waals surface area contributed by atoms with Crippen LogP contribution in [0.5, 0.6) is 5.75 Å². The summed E-state index contributed by atoms with van der Waals surface area (Å²) in [5.41, 5.74) is 3.98. The number of hydrogen-bond donors (Lipinski definition) is 1. The molecule has 0 fully saturated rings. The van der Waals surface area contributed by atoms with E-state index in [0.717, 1.165) is 28.4 Å². The van der Waals surface area contributed by atoms with Crippen LogP contribution in [0.2, 0.25) is 0 Å². The zero-order valence-electron chi connectivity index (χ0n) is 16.6. The molecule has 0 bridgehead atoms. The number of likely N-dealkylation sites (N-methyl/N-ethyl adjacent to an activating group) is 1. The number of para-hydroxylation sites is 2. The van der Waals surface area contributed by atoms with Crippen LogP contribution in [0.25, 0.3) is 5.69 Å². The minimum absolute atomic E-state index is 0.136. The second-order valence-corrected chi connectivity index (χ2v) is 6.64. The van der Waals surface area contributed by atoms with Crippen LogP contribution in [0, 0.1) is 13.8 Å². The Morgan fingerprint density at radius 1 is 1.07 bits per heavy atom. The molecular formula is C22H26N4O2. The molecule has 6 heteroatoms. The molecule has 2 aromatic carbocycles. The maximum absolute atomic E-state index is 12.4. The van der Waals surface area contributed by atoms with E-state index in [0.29, 0.717) is 19.7 Å². The van der Waals surface area contributed by atoms with E-state index in [9.17, 15) is 4.79 Å². The summed E-state index contributed by atoms with van der Waals surface area (Å²) in [4.78, 5) is 14.0. The number of benzene rings is 2. The number of ether oxygens (including phenoxy) is 1. The number of carbonyl (C=O) groups is 1. The molecule has 1 aromatic heterocycles. The highest BCUT2D eigenvalue weighted by Gasteiger charge is 2.15. The molecule has 6 nitrogen and oxygen atoms in total. The van der Waals surface area contributed by atoms with Crippen LogP contribution in [0.4, 0.5) is 4.79 Å². The first-order valence-electron chi connectivity index (χ1n) is 9.33. The number of aryl methyl sites for hydroxylation is 1. The van der Waals surface area contributed by atoms with Crippen molar-refractivity contribution in [2.24, 2.45) is 0 Å². The van der Waals surface area contributed by atoms with Crippen molar-refractivity contribution in [2.75, 3.05) is 20.2 Å². The van der Waals surface area contributed by atoms with E-state index in [-0.39, 0.29) is 6.03 Å². The molecule has 1 N–H and O–H groups in total. The first-order valence-corrected chi connectivity index (χ1v) is 9.33. The topological polar surface area (TPSA) is 59.4 Å². The molecule has 0 aliphatic heterocycles. The molecule has 28 heavy (non-hydrogen) atoms. The van der Waals surface area contributed by atoms with Gasteiger partial charge in [0.15, 0.2) is 0 Å². The number of carbonyl (C=O) groups excluding carboxylic acids is 1. The second-order valence-electron chi connectivity index (χ2n) is 6.64. The Labute approximate surface area is 165 Å². The first kappa shape index (κ1) is 19.5. The van der Waals surface area contributed by atoms with Crippen molar-refractivity contribution < 1.29 is 9.53 Å². The Morgan fingerprint density at radius 2 is 1.71 bits per heavy atom. The quantitative estimate of drug-likeness (QED) is 0.682. The van der Waals surface area contributed by atoms with Gasteiger partial charge in [0.2, 0.25) is 0 Å². The summed E-state index contributed by atoms with van der Waals surface area (Å²) in [5, 5.41) is 7.59. The summed E-state index contributed by atoms with van der Waals surface area (Å²) in [6, 6.07) is 19.4. The molecule has 0 atom stereocenters. The van der Waals surface area contributed by atoms with Crippen LogP contribution in [-0.4, -0.2) is 40.9 Å². The van der Waals surface area contributed by atoms with Crippen molar-refractivity contribution in [3.05, 3.63) is 77.6 Å². The third-order valence-electron chi connectivity index (χ3n) is 4.64. The van der Waals surface area contributed by atoms with E-state index < -0.39 is 0 Å². The highest BCUT2D eigenvalue weighted by Crippen LogP contribution is 2.17. The fraction of sp³-hybridized carbons (Fsp3) is 0.273. The van der Waals surface area contributed by atoms with Crippen LogP contribution in [0.1, 0.15) is 17.0 Å². The second kappa shape index (κ2) is 9.08. The molecule has 3 rings (SSSR count). The third-order valence-corrected chi connectivity index (χ3v) is 4.64. The zero-order chi connectivity index (χ0) is 19.9. The predicted molar refractivity (Wildman–Crippen MR) is 110 cm³/mol. The van der Waals surface area contributed by atoms with Crippen LogP contribution in [-0.2, 0) is 6.54 Å². The van der Waals surface area contributed by atoms with Gasteiger partial charge in [0.25, 0.3) is 0 Å². The van der Waals surface area contributed by atoms with Gasteiger partial charge >= 0.3 is 6.03 Å². The summed E-state index contributed by atoms with van der Waals surface area (Å²) in [6.07, 6.45) is 0. The van der Waals surface area contributed by atoms with Crippen molar-refractivity contribution in [3.8, 4) is 11.4 Å². The van der Waals surface area contributed by atoms with Crippen LogP contribution < -0.4 is 10.1 Å². The highest BCUT2D eigenvalue weighted by atomic mass is 16.5. The van der Waals surface area contributed by atoms with Gasteiger partial charge in [-0.05, 0) is 38.1 Å². The Hall–Kier alpha value is -3.28. The Morgan fingerprint density at radius 3 is 2.39 bits per heavy atom. The monoisotopic (exact) mass is 378 g/mol. The van der Waals surface area contributed by atoms with Crippen molar-refractivity contribution >= 4 is 6.03 Å². The van der Waals surface area contributed by atoms with Crippen LogP contribution >= 0.6 is 0 Å². The fourth-order valence-corrected chi connectivity index (χ4v) is 2.97. The molecule has 0 radical (unpaired) electrons. The highest BCUT2D eigenvalue weighted by molar-refractivity contribution is 5.73. The number of nitrogens with one attached hydrogen (secondary N) is 1. The molecular weight excluding hydrogens is 352 g/mol. The number of hydrogen-bond acceptors (Lipinski definition) is 3. The molecule has 2 amide bonds. The standard InChI is InChI=1S/C22H26N4O2/c1-17-21(18(2)26(24-17)19-10-6-4-7-11-19)16-23-22(27)25(3)14-15-28-20-12-8-5-9-13-20/h4-13H,14-16H2,1-3H3,(H,23,27). The zero-order valence-corrected chi connectivity index (χ0v) is 16.6. The van der Waals surface area contributed by atoms with Gasteiger partial charge in [0.1, 0.15) is 12.4 Å². The van der Waals surface area contributed by atoms with Crippen LogP contribution in [0.15, 0.2) is 60.7 Å². The smallest absolute Gasteiger partial charge is 0.317 e. The molecule has 3 aromatic rings. The summed E-state index contributed by atoms with van der Waals surface area (Å²) in [5.74, 6) is 0.802. The minimum atomic E-state index is -0.136. The van der Waals surface area contributed by atoms with Crippen molar-refractivity contribution in [2.45, 2.75) is 20.4 Å². The number of rotatable bonds is 7. The summed E-state index contributed by atoms with van der Waals surface area (Å²) >= 11 is 0. The van der Waals surface area contributed by atoms with Crippen LogP contribution in [0.3, 0.4) is 0 Å². The van der Waals surface area contributed by atoms with E-state index in [1.807, 2.05) is 79.2 Å². The first-order chi connectivity index (χ1) is 13.6. The number of aromatic nitrogens is 2. The summed E-state index contributed by atoms with van der Waals surface area (Å²) in [6.45, 7) is 5.37. The maximum Gasteiger partial charge on any atom is 0.317 e. The Bertz CT molecular complexity index is 907. The molecule has 0 aliphatic carbocycles. The van der Waals surface area contributed by atoms with Gasteiger partial charge in [-0.3, -0.25) is 0 Å². The minimum Gasteiger partial charge on any atom is -0.492 e. The Balaban J connectivity index is 1.53. The molecule has 0 unspecified atom stereocenters. The van der Waals surface area contributed by atoms with Gasteiger partial charge in [-0.25, -0.2) is 9.48 Å². The third kappa shape index (κ3) is 4.71. The largest absolute Gasteiger partial charge is 0.492 e. The van der Waals surface area contributed by atoms with Gasteiger partial charge in [-0.1, -0.05) is 36.4 Å². The molecule has 0 spiro atoms. The van der Waals surface area contributed by atoms with Gasteiger partial charge in [0, 0.05) is 24.8 Å². The van der Waals surface area contributed by atoms with Gasteiger partial charge in [-0.2, -0.15) is 5.10 Å². The molecule has 146 valence electrons. The maximum atomic E-state index is 12.4. The molecule has 0 aliphatic rings. The van der Waals surface area contributed by atoms with Crippen molar-refractivity contribution in [1.82, 2.24) is 20.0 Å². The number of nitrogens with zero attached hydrogens (tertiary/aromatic N) is 3. The van der Waals surface area contributed by atoms with E-state index in [4.69, 9.17) is 4.74 Å². The fourth-order valence-electron chi connectivity index (χ4n) is 2.97. The normalized spacial score (nSPS) is 10.5.